The molecule has 0 bridgehead atoms. The number of nitrogens with zero attached hydrogens (tertiary/aromatic N) is 2. The largest absolute Gasteiger partial charge is 0.391 e. The first kappa shape index (κ1) is 18.0. The monoisotopic (exact) mass is 429 g/mol. The molecule has 1 aliphatic rings. The van der Waals surface area contributed by atoms with Crippen LogP contribution in [0, 0.1) is 0 Å². The van der Waals surface area contributed by atoms with Crippen molar-refractivity contribution in [2.75, 3.05) is 26.2 Å². The first-order chi connectivity index (χ1) is 9.19. The van der Waals surface area contributed by atoms with Gasteiger partial charge in [0, 0.05) is 37.5 Å². The lowest BCUT2D eigenvalue weighted by atomic mass is 10.3. The van der Waals surface area contributed by atoms with Crippen LogP contribution in [0.3, 0.4) is 0 Å². The van der Waals surface area contributed by atoms with Gasteiger partial charge >= 0.3 is 0 Å². The Hall–Kier alpha value is -0.0500. The molecule has 114 valence electrons. The van der Waals surface area contributed by atoms with Crippen LogP contribution in [0.25, 0.3) is 0 Å². The first-order valence-electron chi connectivity index (χ1n) is 6.64. The van der Waals surface area contributed by atoms with Gasteiger partial charge in [-0.05, 0) is 25.5 Å². The number of rotatable bonds is 4. The quantitative estimate of drug-likeness (QED) is 0.439. The van der Waals surface area contributed by atoms with E-state index >= 15 is 0 Å². The highest BCUT2D eigenvalue weighted by Crippen LogP contribution is 2.21. The van der Waals surface area contributed by atoms with Gasteiger partial charge in [0.2, 0.25) is 0 Å². The van der Waals surface area contributed by atoms with Crippen LogP contribution in [0.15, 0.2) is 17.1 Å². The maximum atomic E-state index is 9.59. The highest BCUT2D eigenvalue weighted by Gasteiger charge is 2.22. The van der Waals surface area contributed by atoms with E-state index in [-0.39, 0.29) is 30.1 Å². The van der Waals surface area contributed by atoms with Crippen molar-refractivity contribution in [3.8, 4) is 0 Å². The van der Waals surface area contributed by atoms with Crippen molar-refractivity contribution >= 4 is 52.9 Å². The average Bonchev–Trinajstić information content (AvgIpc) is 2.97. The van der Waals surface area contributed by atoms with Crippen molar-refractivity contribution in [3.63, 3.8) is 0 Å². The number of guanidine groups is 1. The molecule has 2 rings (SSSR count). The minimum atomic E-state index is -0.222. The highest BCUT2D eigenvalue weighted by atomic mass is 127. The van der Waals surface area contributed by atoms with Crippen molar-refractivity contribution in [2.24, 2.45) is 4.99 Å². The molecule has 0 spiro atoms. The second kappa shape index (κ2) is 9.07. The Morgan fingerprint density at radius 3 is 2.95 bits per heavy atom. The lowest BCUT2D eigenvalue weighted by Gasteiger charge is -2.20. The average molecular weight is 430 g/mol. The van der Waals surface area contributed by atoms with E-state index in [0.29, 0.717) is 6.54 Å². The molecule has 7 heteroatoms. The van der Waals surface area contributed by atoms with E-state index in [0.717, 1.165) is 42.8 Å². The predicted molar refractivity (Wildman–Crippen MR) is 96.6 cm³/mol. The maximum absolute atomic E-state index is 9.59. The fourth-order valence-electron chi connectivity index (χ4n) is 2.12. The summed E-state index contributed by atoms with van der Waals surface area (Å²) in [6, 6.07) is 3.97. The number of aliphatic hydroxyl groups excluding tert-OH is 1. The van der Waals surface area contributed by atoms with Gasteiger partial charge in [0.25, 0.3) is 0 Å². The summed E-state index contributed by atoms with van der Waals surface area (Å²) in [6.07, 6.45) is 1.51. The van der Waals surface area contributed by atoms with Gasteiger partial charge in [-0.1, -0.05) is 11.6 Å². The summed E-state index contributed by atoms with van der Waals surface area (Å²) in [5, 5.41) is 12.9. The summed E-state index contributed by atoms with van der Waals surface area (Å²) in [5.41, 5.74) is 0. The molecule has 0 saturated carbocycles. The van der Waals surface area contributed by atoms with Crippen LogP contribution in [-0.4, -0.2) is 48.2 Å². The molecule has 0 amide bonds. The van der Waals surface area contributed by atoms with Crippen LogP contribution in [0.1, 0.15) is 18.2 Å². The topological polar surface area (TPSA) is 47.9 Å². The number of nitrogens with one attached hydrogen (secondary N) is 1. The Balaban J connectivity index is 0.00000200. The third-order valence-electron chi connectivity index (χ3n) is 3.05. The summed E-state index contributed by atoms with van der Waals surface area (Å²) >= 11 is 7.51. The molecule has 2 N–H and O–H groups in total. The summed E-state index contributed by atoms with van der Waals surface area (Å²) in [7, 11) is 0. The molecule has 1 saturated heterocycles. The van der Waals surface area contributed by atoms with Gasteiger partial charge in [0.1, 0.15) is 0 Å². The summed E-state index contributed by atoms with van der Waals surface area (Å²) in [6.45, 7) is 5.19. The number of β-amino-alcohol motifs (C(OH)–C–C–N with tert-alkyl or cyclic N) is 1. The Bertz CT molecular complexity index is 441. The van der Waals surface area contributed by atoms with Crippen LogP contribution in [0.5, 0.6) is 0 Å². The van der Waals surface area contributed by atoms with Gasteiger partial charge in [-0.2, -0.15) is 0 Å². The van der Waals surface area contributed by atoms with Crippen molar-refractivity contribution < 1.29 is 5.11 Å². The molecule has 4 nitrogen and oxygen atoms in total. The number of halogens is 2. The second-order valence-corrected chi connectivity index (χ2v) is 6.38. The maximum Gasteiger partial charge on any atom is 0.194 e. The zero-order valence-electron chi connectivity index (χ0n) is 11.5. The molecule has 1 fully saturated rings. The number of likely N-dealkylation sites (tertiary alicyclic amines) is 1. The Morgan fingerprint density at radius 2 is 2.40 bits per heavy atom. The molecule has 1 aliphatic heterocycles. The molecule has 2 heterocycles. The van der Waals surface area contributed by atoms with E-state index in [2.05, 4.69) is 28.2 Å². The molecular weight excluding hydrogens is 409 g/mol. The smallest absolute Gasteiger partial charge is 0.194 e. The lowest BCUT2D eigenvalue weighted by molar-refractivity contribution is 0.188. The van der Waals surface area contributed by atoms with Gasteiger partial charge in [-0.15, -0.1) is 35.3 Å². The molecule has 1 aromatic heterocycles. The molecule has 0 aliphatic carbocycles. The van der Waals surface area contributed by atoms with E-state index < -0.39 is 0 Å². The minimum absolute atomic E-state index is 0. The molecule has 1 aromatic rings. The van der Waals surface area contributed by atoms with Crippen LogP contribution in [-0.2, 0) is 6.42 Å². The van der Waals surface area contributed by atoms with Gasteiger partial charge in [0.15, 0.2) is 5.96 Å². The number of aliphatic imine (C=N–C) groups is 1. The fourth-order valence-corrected chi connectivity index (χ4v) is 3.19. The van der Waals surface area contributed by atoms with Crippen molar-refractivity contribution in [3.05, 3.63) is 21.3 Å². The third kappa shape index (κ3) is 5.38. The summed E-state index contributed by atoms with van der Waals surface area (Å²) in [4.78, 5) is 7.99. The molecule has 20 heavy (non-hydrogen) atoms. The van der Waals surface area contributed by atoms with Gasteiger partial charge in [0.05, 0.1) is 10.4 Å². The van der Waals surface area contributed by atoms with Gasteiger partial charge in [-0.25, -0.2) is 0 Å². The second-order valence-electron chi connectivity index (χ2n) is 4.58. The minimum Gasteiger partial charge on any atom is -0.391 e. The Labute approximate surface area is 146 Å². The van der Waals surface area contributed by atoms with Crippen molar-refractivity contribution in [2.45, 2.75) is 25.9 Å². The molecule has 1 atom stereocenters. The highest BCUT2D eigenvalue weighted by molar-refractivity contribution is 14.0. The van der Waals surface area contributed by atoms with Crippen LogP contribution in [0.4, 0.5) is 0 Å². The number of hydrogen-bond acceptors (Lipinski definition) is 3. The van der Waals surface area contributed by atoms with E-state index in [1.165, 1.54) is 4.88 Å². The molecular formula is C13H21ClIN3OS. The SMILES string of the molecule is CCNC(=NCCc1ccc(Cl)s1)N1CC[C@@H](O)C1.I. The summed E-state index contributed by atoms with van der Waals surface area (Å²) in [5.74, 6) is 0.904. The van der Waals surface area contributed by atoms with Crippen LogP contribution >= 0.6 is 46.9 Å². The van der Waals surface area contributed by atoms with E-state index in [4.69, 9.17) is 11.6 Å². The van der Waals surface area contributed by atoms with Crippen molar-refractivity contribution in [1.29, 1.82) is 0 Å². The van der Waals surface area contributed by atoms with Gasteiger partial charge in [-0.3, -0.25) is 4.99 Å². The standard InChI is InChI=1S/C13H20ClN3OS.HI/c1-2-15-13(17-8-6-10(18)9-17)16-7-5-11-3-4-12(14)19-11;/h3-4,10,18H,2,5-9H2,1H3,(H,15,16);1H/t10-;/m1./s1. The van der Waals surface area contributed by atoms with E-state index in [1.807, 2.05) is 6.07 Å². The van der Waals surface area contributed by atoms with E-state index in [9.17, 15) is 5.11 Å². The summed E-state index contributed by atoms with van der Waals surface area (Å²) < 4.78 is 0.827. The number of aliphatic hydroxyl groups is 1. The van der Waals surface area contributed by atoms with Gasteiger partial charge < -0.3 is 15.3 Å². The molecule has 0 radical (unpaired) electrons. The fraction of sp³-hybridized carbons (Fsp3) is 0.615. The zero-order valence-corrected chi connectivity index (χ0v) is 15.4. The molecule has 0 aromatic carbocycles. The number of thiophene rings is 1. The predicted octanol–water partition coefficient (Wildman–Crippen LogP) is 2.59. The van der Waals surface area contributed by atoms with Crippen LogP contribution in [0.2, 0.25) is 4.34 Å². The Kier molecular flexibility index (Phi) is 8.16. The third-order valence-corrected chi connectivity index (χ3v) is 4.34. The Morgan fingerprint density at radius 1 is 1.60 bits per heavy atom. The normalized spacial score (nSPS) is 19.1. The molecule has 0 unspecified atom stereocenters. The van der Waals surface area contributed by atoms with E-state index in [1.54, 1.807) is 11.3 Å². The van der Waals surface area contributed by atoms with Crippen molar-refractivity contribution in [1.82, 2.24) is 10.2 Å². The lowest BCUT2D eigenvalue weighted by Crippen LogP contribution is -2.40. The first-order valence-corrected chi connectivity index (χ1v) is 7.84. The van der Waals surface area contributed by atoms with Crippen LogP contribution < -0.4 is 5.32 Å². The zero-order chi connectivity index (χ0) is 13.7. The number of hydrogen-bond donors (Lipinski definition) is 2.